The number of phenols is 1. The molecular formula is C15H20N2O4. The molecule has 0 spiro atoms. The summed E-state index contributed by atoms with van der Waals surface area (Å²) in [6.07, 6.45) is 1.29. The van der Waals surface area contributed by atoms with Crippen molar-refractivity contribution in [2.75, 3.05) is 13.1 Å². The molecule has 1 aliphatic carbocycles. The first kappa shape index (κ1) is 15.2. The van der Waals surface area contributed by atoms with Crippen LogP contribution in [0.4, 0.5) is 0 Å². The van der Waals surface area contributed by atoms with E-state index in [2.05, 4.69) is 10.6 Å². The number of hydrogen-bond donors (Lipinski definition) is 3. The average Bonchev–Trinajstić information content (AvgIpc) is 3.30. The highest BCUT2D eigenvalue weighted by Crippen LogP contribution is 2.28. The predicted octanol–water partition coefficient (Wildman–Crippen LogP) is 0.802. The lowest BCUT2D eigenvalue weighted by molar-refractivity contribution is -0.127. The molecule has 0 aliphatic heterocycles. The zero-order valence-corrected chi connectivity index (χ0v) is 12.0. The second-order valence-electron chi connectivity index (χ2n) is 5.11. The molecule has 2 amide bonds. The second-order valence-corrected chi connectivity index (χ2v) is 5.11. The Bertz CT molecular complexity index is 497. The molecule has 0 heterocycles. The molecule has 1 aromatic rings. The number of hydrogen-bond acceptors (Lipinski definition) is 4. The van der Waals surface area contributed by atoms with E-state index in [0.29, 0.717) is 18.8 Å². The summed E-state index contributed by atoms with van der Waals surface area (Å²) in [7, 11) is 0. The summed E-state index contributed by atoms with van der Waals surface area (Å²) in [5.74, 6) is 0.655. The molecule has 0 saturated heterocycles. The van der Waals surface area contributed by atoms with Crippen molar-refractivity contribution in [2.45, 2.75) is 25.9 Å². The first-order valence-corrected chi connectivity index (χ1v) is 7.07. The van der Waals surface area contributed by atoms with Crippen molar-refractivity contribution in [1.29, 1.82) is 0 Å². The smallest absolute Gasteiger partial charge is 0.260 e. The topological polar surface area (TPSA) is 87.7 Å². The molecule has 2 rings (SSSR count). The number of rotatable bonds is 7. The van der Waals surface area contributed by atoms with Gasteiger partial charge in [0.25, 0.3) is 5.91 Å². The van der Waals surface area contributed by atoms with Gasteiger partial charge in [0, 0.05) is 19.0 Å². The molecule has 0 aromatic heterocycles. The van der Waals surface area contributed by atoms with E-state index in [1.165, 1.54) is 12.1 Å². The van der Waals surface area contributed by atoms with Crippen LogP contribution in [-0.4, -0.2) is 36.1 Å². The van der Waals surface area contributed by atoms with Crippen LogP contribution in [0.5, 0.6) is 11.5 Å². The third-order valence-electron chi connectivity index (χ3n) is 3.19. The SMILES string of the molecule is CC(Oc1ccc(O)cc1)C(=O)NCCNC(=O)C1CC1. The first-order chi connectivity index (χ1) is 10.1. The zero-order chi connectivity index (χ0) is 15.2. The minimum atomic E-state index is -0.645. The van der Waals surface area contributed by atoms with Gasteiger partial charge in [-0.05, 0) is 44.0 Å². The molecule has 1 saturated carbocycles. The summed E-state index contributed by atoms with van der Waals surface area (Å²) in [5.41, 5.74) is 0. The molecule has 0 radical (unpaired) electrons. The van der Waals surface area contributed by atoms with Crippen LogP contribution in [0.25, 0.3) is 0 Å². The Hall–Kier alpha value is -2.24. The largest absolute Gasteiger partial charge is 0.508 e. The van der Waals surface area contributed by atoms with E-state index in [0.717, 1.165) is 12.8 Å². The van der Waals surface area contributed by atoms with Crippen LogP contribution in [0, 0.1) is 5.92 Å². The maximum Gasteiger partial charge on any atom is 0.260 e. The monoisotopic (exact) mass is 292 g/mol. The van der Waals surface area contributed by atoms with Crippen molar-refractivity contribution in [3.63, 3.8) is 0 Å². The van der Waals surface area contributed by atoms with Crippen LogP contribution < -0.4 is 15.4 Å². The maximum atomic E-state index is 11.8. The van der Waals surface area contributed by atoms with Gasteiger partial charge >= 0.3 is 0 Å². The van der Waals surface area contributed by atoms with E-state index in [4.69, 9.17) is 9.84 Å². The normalized spacial score (nSPS) is 15.1. The quantitative estimate of drug-likeness (QED) is 0.649. The van der Waals surface area contributed by atoms with Crippen LogP contribution >= 0.6 is 0 Å². The number of aromatic hydroxyl groups is 1. The van der Waals surface area contributed by atoms with Crippen LogP contribution in [0.15, 0.2) is 24.3 Å². The Morgan fingerprint density at radius 2 is 1.86 bits per heavy atom. The van der Waals surface area contributed by atoms with Gasteiger partial charge in [0.15, 0.2) is 6.10 Å². The summed E-state index contributed by atoms with van der Waals surface area (Å²) >= 11 is 0. The van der Waals surface area contributed by atoms with Gasteiger partial charge in [-0.3, -0.25) is 9.59 Å². The lowest BCUT2D eigenvalue weighted by atomic mass is 10.3. The van der Waals surface area contributed by atoms with Gasteiger partial charge < -0.3 is 20.5 Å². The molecule has 3 N–H and O–H groups in total. The van der Waals surface area contributed by atoms with E-state index < -0.39 is 6.10 Å². The summed E-state index contributed by atoms with van der Waals surface area (Å²) in [5, 5.41) is 14.6. The highest BCUT2D eigenvalue weighted by Gasteiger charge is 2.29. The summed E-state index contributed by atoms with van der Waals surface area (Å²) in [4.78, 5) is 23.2. The van der Waals surface area contributed by atoms with Crippen molar-refractivity contribution in [2.24, 2.45) is 5.92 Å². The Labute approximate surface area is 123 Å². The minimum absolute atomic E-state index is 0.0673. The molecule has 21 heavy (non-hydrogen) atoms. The zero-order valence-electron chi connectivity index (χ0n) is 12.0. The van der Waals surface area contributed by atoms with Gasteiger partial charge in [-0.1, -0.05) is 0 Å². The van der Waals surface area contributed by atoms with Crippen LogP contribution in [0.1, 0.15) is 19.8 Å². The van der Waals surface area contributed by atoms with Gasteiger partial charge in [-0.15, -0.1) is 0 Å². The highest BCUT2D eigenvalue weighted by molar-refractivity contribution is 5.81. The van der Waals surface area contributed by atoms with Gasteiger partial charge in [0.2, 0.25) is 5.91 Å². The lowest BCUT2D eigenvalue weighted by Crippen LogP contribution is -2.41. The highest BCUT2D eigenvalue weighted by atomic mass is 16.5. The van der Waals surface area contributed by atoms with Crippen LogP contribution in [0.3, 0.4) is 0 Å². The Morgan fingerprint density at radius 3 is 2.48 bits per heavy atom. The fraction of sp³-hybridized carbons (Fsp3) is 0.467. The van der Waals surface area contributed by atoms with Crippen molar-refractivity contribution < 1.29 is 19.4 Å². The van der Waals surface area contributed by atoms with Crippen LogP contribution in [0.2, 0.25) is 0 Å². The Kier molecular flexibility index (Phi) is 5.03. The van der Waals surface area contributed by atoms with E-state index in [9.17, 15) is 9.59 Å². The van der Waals surface area contributed by atoms with Crippen molar-refractivity contribution >= 4 is 11.8 Å². The molecule has 1 aromatic carbocycles. The molecule has 6 nitrogen and oxygen atoms in total. The second kappa shape index (κ2) is 6.97. The predicted molar refractivity (Wildman–Crippen MR) is 76.9 cm³/mol. The van der Waals surface area contributed by atoms with E-state index >= 15 is 0 Å². The van der Waals surface area contributed by atoms with Gasteiger partial charge in [-0.25, -0.2) is 0 Å². The number of amides is 2. The number of carbonyl (C=O) groups excluding carboxylic acids is 2. The third-order valence-corrected chi connectivity index (χ3v) is 3.19. The van der Waals surface area contributed by atoms with Gasteiger partial charge in [0.1, 0.15) is 11.5 Å². The fourth-order valence-electron chi connectivity index (χ4n) is 1.79. The van der Waals surface area contributed by atoms with E-state index in [-0.39, 0.29) is 23.5 Å². The molecule has 6 heteroatoms. The number of ether oxygens (including phenoxy) is 1. The number of nitrogens with one attached hydrogen (secondary N) is 2. The van der Waals surface area contributed by atoms with Crippen molar-refractivity contribution in [1.82, 2.24) is 10.6 Å². The van der Waals surface area contributed by atoms with E-state index in [1.54, 1.807) is 19.1 Å². The molecular weight excluding hydrogens is 272 g/mol. The number of benzene rings is 1. The molecule has 1 atom stereocenters. The number of carbonyl (C=O) groups is 2. The van der Waals surface area contributed by atoms with Crippen molar-refractivity contribution in [3.05, 3.63) is 24.3 Å². The van der Waals surface area contributed by atoms with Crippen LogP contribution in [-0.2, 0) is 9.59 Å². The lowest BCUT2D eigenvalue weighted by Gasteiger charge is -2.15. The summed E-state index contributed by atoms with van der Waals surface area (Å²) in [6.45, 7) is 2.44. The molecule has 1 unspecified atom stereocenters. The summed E-state index contributed by atoms with van der Waals surface area (Å²) < 4.78 is 5.45. The Morgan fingerprint density at radius 1 is 1.24 bits per heavy atom. The fourth-order valence-corrected chi connectivity index (χ4v) is 1.79. The Balaban J connectivity index is 1.64. The minimum Gasteiger partial charge on any atom is -0.508 e. The van der Waals surface area contributed by atoms with Gasteiger partial charge in [-0.2, -0.15) is 0 Å². The first-order valence-electron chi connectivity index (χ1n) is 7.07. The van der Waals surface area contributed by atoms with Gasteiger partial charge in [0.05, 0.1) is 0 Å². The van der Waals surface area contributed by atoms with Crippen molar-refractivity contribution in [3.8, 4) is 11.5 Å². The summed E-state index contributed by atoms with van der Waals surface area (Å²) in [6, 6.07) is 6.17. The number of phenolic OH excluding ortho intramolecular Hbond substituents is 1. The maximum absolute atomic E-state index is 11.8. The molecule has 1 fully saturated rings. The average molecular weight is 292 g/mol. The molecule has 114 valence electrons. The molecule has 0 bridgehead atoms. The third kappa shape index (κ3) is 4.98. The van der Waals surface area contributed by atoms with E-state index in [1.807, 2.05) is 0 Å². The standard InChI is InChI=1S/C15H20N2O4/c1-10(21-13-6-4-12(18)5-7-13)14(19)16-8-9-17-15(20)11-2-3-11/h4-7,10-11,18H,2-3,8-9H2,1H3,(H,16,19)(H,17,20). The molecule has 1 aliphatic rings.